The van der Waals surface area contributed by atoms with E-state index in [2.05, 4.69) is 15.2 Å². The van der Waals surface area contributed by atoms with Crippen molar-refractivity contribution in [1.29, 1.82) is 0 Å². The Balaban J connectivity index is 2.58. The monoisotopic (exact) mass is 98.0 g/mol. The number of allylic oxidation sites excluding steroid dienone is 1. The molecule has 0 aromatic carbocycles. The topological polar surface area (TPSA) is 34.0 Å². The first-order valence-corrected chi connectivity index (χ1v) is 2.09. The van der Waals surface area contributed by atoms with Gasteiger partial charge >= 0.3 is 0 Å². The molecule has 38 valence electrons. The van der Waals surface area contributed by atoms with Gasteiger partial charge in [0, 0.05) is 5.28 Å². The molecule has 1 heterocycles. The van der Waals surface area contributed by atoms with Crippen LogP contribution in [0.5, 0.6) is 0 Å². The minimum atomic E-state index is 0.565. The van der Waals surface area contributed by atoms with Crippen molar-refractivity contribution in [2.75, 3.05) is 6.61 Å². The lowest BCUT2D eigenvalue weighted by Gasteiger charge is -1.96. The number of nitrogens with zero attached hydrogens (tertiary/aromatic N) is 2. The van der Waals surface area contributed by atoms with Crippen LogP contribution in [0, 0.1) is 0 Å². The Morgan fingerprint density at radius 2 is 2.71 bits per heavy atom. The molecule has 0 saturated heterocycles. The van der Waals surface area contributed by atoms with Gasteiger partial charge in [-0.15, -0.1) is 5.11 Å². The maximum atomic E-state index is 4.52. The van der Waals surface area contributed by atoms with Gasteiger partial charge in [0.1, 0.15) is 6.61 Å². The zero-order valence-electron chi connectivity index (χ0n) is 4.09. The largest absolute Gasteiger partial charge is 0.375 e. The van der Waals surface area contributed by atoms with Crippen LogP contribution in [0.1, 0.15) is 6.92 Å². The van der Waals surface area contributed by atoms with Crippen molar-refractivity contribution in [2.45, 2.75) is 6.92 Å². The molecule has 0 radical (unpaired) electrons. The van der Waals surface area contributed by atoms with E-state index in [1.165, 1.54) is 0 Å². The molecule has 3 heteroatoms. The van der Waals surface area contributed by atoms with Crippen LogP contribution in [0.2, 0.25) is 0 Å². The molecule has 3 nitrogen and oxygen atoms in total. The van der Waals surface area contributed by atoms with Gasteiger partial charge in [-0.25, -0.2) is 0 Å². The Morgan fingerprint density at radius 3 is 3.00 bits per heavy atom. The Morgan fingerprint density at radius 1 is 1.86 bits per heavy atom. The van der Waals surface area contributed by atoms with E-state index in [9.17, 15) is 0 Å². The molecule has 0 amide bonds. The lowest BCUT2D eigenvalue weighted by atomic mass is 10.5. The Hall–Kier alpha value is -0.860. The van der Waals surface area contributed by atoms with Gasteiger partial charge in [-0.05, 0) is 13.0 Å². The van der Waals surface area contributed by atoms with Gasteiger partial charge in [0.2, 0.25) is 0 Å². The highest BCUT2D eigenvalue weighted by atomic mass is 16.6. The smallest absolute Gasteiger partial charge is 0.139 e. The predicted molar refractivity (Wildman–Crippen MR) is 24.6 cm³/mol. The van der Waals surface area contributed by atoms with E-state index in [0.717, 1.165) is 5.70 Å². The Bertz CT molecular complexity index is 117. The average Bonchev–Trinajstić information content (AvgIpc) is 1.69. The van der Waals surface area contributed by atoms with Crippen molar-refractivity contribution in [3.8, 4) is 0 Å². The predicted octanol–water partition coefficient (Wildman–Crippen LogP) is 1.29. The first-order chi connectivity index (χ1) is 3.39. The van der Waals surface area contributed by atoms with E-state index in [-0.39, 0.29) is 0 Å². The molecule has 1 rings (SSSR count). The molecule has 0 N–H and O–H groups in total. The summed E-state index contributed by atoms with van der Waals surface area (Å²) in [7, 11) is 0. The molecule has 0 spiro atoms. The van der Waals surface area contributed by atoms with Crippen molar-refractivity contribution < 1.29 is 4.84 Å². The maximum absolute atomic E-state index is 4.52. The zero-order chi connectivity index (χ0) is 5.11. The van der Waals surface area contributed by atoms with Crippen LogP contribution in [0.3, 0.4) is 0 Å². The number of rotatable bonds is 0. The van der Waals surface area contributed by atoms with Gasteiger partial charge in [0.25, 0.3) is 0 Å². The molecule has 0 unspecified atom stereocenters. The Labute approximate surface area is 41.7 Å². The molecular weight excluding hydrogens is 92.1 g/mol. The second kappa shape index (κ2) is 1.73. The van der Waals surface area contributed by atoms with Gasteiger partial charge in [-0.3, -0.25) is 0 Å². The molecule has 0 aromatic rings. The quantitative estimate of drug-likeness (QED) is 0.449. The molecule has 0 saturated carbocycles. The van der Waals surface area contributed by atoms with Crippen LogP contribution in [-0.4, -0.2) is 6.61 Å². The van der Waals surface area contributed by atoms with Crippen LogP contribution >= 0.6 is 0 Å². The molecule has 1 aliphatic rings. The van der Waals surface area contributed by atoms with E-state index in [1.54, 1.807) is 0 Å². The number of hydrogen-bond donors (Lipinski definition) is 0. The SMILES string of the molecule is CC1=CCON=N1. The summed E-state index contributed by atoms with van der Waals surface area (Å²) < 4.78 is 0. The van der Waals surface area contributed by atoms with Crippen LogP contribution in [-0.2, 0) is 4.84 Å². The van der Waals surface area contributed by atoms with Gasteiger partial charge < -0.3 is 4.84 Å². The summed E-state index contributed by atoms with van der Waals surface area (Å²) in [5.74, 6) is 0. The van der Waals surface area contributed by atoms with E-state index >= 15 is 0 Å². The highest BCUT2D eigenvalue weighted by molar-refractivity contribution is 4.95. The van der Waals surface area contributed by atoms with Crippen LogP contribution in [0.15, 0.2) is 22.2 Å². The zero-order valence-corrected chi connectivity index (χ0v) is 4.09. The van der Waals surface area contributed by atoms with Crippen molar-refractivity contribution >= 4 is 0 Å². The highest BCUT2D eigenvalue weighted by Crippen LogP contribution is 2.00. The second-order valence-corrected chi connectivity index (χ2v) is 1.32. The van der Waals surface area contributed by atoms with Crippen molar-refractivity contribution in [2.24, 2.45) is 10.4 Å². The first kappa shape index (κ1) is 4.30. The lowest BCUT2D eigenvalue weighted by molar-refractivity contribution is 0.144. The summed E-state index contributed by atoms with van der Waals surface area (Å²) in [5, 5.41) is 6.91. The molecule has 0 aromatic heterocycles. The van der Waals surface area contributed by atoms with Crippen LogP contribution < -0.4 is 0 Å². The molecule has 1 aliphatic heterocycles. The van der Waals surface area contributed by atoms with Crippen LogP contribution in [0.25, 0.3) is 0 Å². The van der Waals surface area contributed by atoms with Crippen molar-refractivity contribution in [3.63, 3.8) is 0 Å². The standard InChI is InChI=1S/C4H6N2O/c1-4-2-3-7-6-5-4/h2H,3H2,1H3. The fourth-order valence-electron chi connectivity index (χ4n) is 0.325. The van der Waals surface area contributed by atoms with Gasteiger partial charge in [0.05, 0.1) is 5.70 Å². The van der Waals surface area contributed by atoms with Crippen molar-refractivity contribution in [1.82, 2.24) is 0 Å². The summed E-state index contributed by atoms with van der Waals surface area (Å²) >= 11 is 0. The maximum Gasteiger partial charge on any atom is 0.139 e. The minimum absolute atomic E-state index is 0.565. The molecule has 0 fully saturated rings. The molecule has 0 aliphatic carbocycles. The summed E-state index contributed by atoms with van der Waals surface area (Å²) in [6.45, 7) is 2.45. The van der Waals surface area contributed by atoms with E-state index in [0.29, 0.717) is 6.61 Å². The average molecular weight is 98.1 g/mol. The third kappa shape index (κ3) is 0.994. The third-order valence-corrected chi connectivity index (χ3v) is 0.710. The minimum Gasteiger partial charge on any atom is -0.375 e. The third-order valence-electron chi connectivity index (χ3n) is 0.710. The summed E-state index contributed by atoms with van der Waals surface area (Å²) in [4.78, 5) is 4.52. The summed E-state index contributed by atoms with van der Waals surface area (Å²) in [6, 6.07) is 0. The van der Waals surface area contributed by atoms with Crippen molar-refractivity contribution in [3.05, 3.63) is 11.8 Å². The highest BCUT2D eigenvalue weighted by Gasteiger charge is 1.89. The fourth-order valence-corrected chi connectivity index (χ4v) is 0.325. The van der Waals surface area contributed by atoms with Gasteiger partial charge in [-0.1, -0.05) is 0 Å². The summed E-state index contributed by atoms with van der Waals surface area (Å²) in [6.07, 6.45) is 1.87. The molecule has 0 bridgehead atoms. The fraction of sp³-hybridized carbons (Fsp3) is 0.500. The first-order valence-electron chi connectivity index (χ1n) is 2.09. The van der Waals surface area contributed by atoms with E-state index in [4.69, 9.17) is 0 Å². The Kier molecular flexibility index (Phi) is 1.06. The van der Waals surface area contributed by atoms with Gasteiger partial charge in [0.15, 0.2) is 0 Å². The normalized spacial score (nSPS) is 18.1. The van der Waals surface area contributed by atoms with E-state index < -0.39 is 0 Å². The van der Waals surface area contributed by atoms with Gasteiger partial charge in [-0.2, -0.15) is 0 Å². The lowest BCUT2D eigenvalue weighted by Crippen LogP contribution is -1.87. The number of hydrogen-bond acceptors (Lipinski definition) is 3. The van der Waals surface area contributed by atoms with E-state index in [1.807, 2.05) is 13.0 Å². The molecule has 0 atom stereocenters. The second-order valence-electron chi connectivity index (χ2n) is 1.32. The summed E-state index contributed by atoms with van der Waals surface area (Å²) in [5.41, 5.74) is 0.922. The molecular formula is C4H6N2O. The van der Waals surface area contributed by atoms with Crippen LogP contribution in [0.4, 0.5) is 0 Å². The molecule has 7 heavy (non-hydrogen) atoms.